The first-order valence-electron chi connectivity index (χ1n) is 6.12. The smallest absolute Gasteiger partial charge is 0.129 e. The third-order valence-corrected chi connectivity index (χ3v) is 3.51. The van der Waals surface area contributed by atoms with E-state index in [0.29, 0.717) is 30.9 Å². The highest BCUT2D eigenvalue weighted by molar-refractivity contribution is 5.25. The standard InChI is InChI=1S/C14H19FO2/c1-10(2)13-9-14(16,7-8-17-13)11-5-3-4-6-12(11)15/h3-6,10,13,16H,7-9H2,1-2H3. The zero-order valence-electron chi connectivity index (χ0n) is 10.3. The fraction of sp³-hybridized carbons (Fsp3) is 0.571. The van der Waals surface area contributed by atoms with E-state index in [4.69, 9.17) is 4.74 Å². The Hall–Kier alpha value is -0.930. The lowest BCUT2D eigenvalue weighted by Crippen LogP contribution is -2.41. The molecule has 1 aliphatic heterocycles. The molecule has 0 radical (unpaired) electrons. The summed E-state index contributed by atoms with van der Waals surface area (Å²) in [7, 11) is 0. The molecule has 2 rings (SSSR count). The molecule has 2 atom stereocenters. The van der Waals surface area contributed by atoms with E-state index < -0.39 is 5.60 Å². The van der Waals surface area contributed by atoms with Gasteiger partial charge in [-0.25, -0.2) is 4.39 Å². The van der Waals surface area contributed by atoms with Crippen molar-refractivity contribution < 1.29 is 14.2 Å². The maximum absolute atomic E-state index is 13.7. The lowest BCUT2D eigenvalue weighted by Gasteiger charge is -2.39. The van der Waals surface area contributed by atoms with Gasteiger partial charge in [0.1, 0.15) is 5.82 Å². The van der Waals surface area contributed by atoms with Crippen molar-refractivity contribution in [3.05, 3.63) is 35.6 Å². The highest BCUT2D eigenvalue weighted by Crippen LogP contribution is 2.37. The van der Waals surface area contributed by atoms with Crippen LogP contribution in [-0.2, 0) is 10.3 Å². The summed E-state index contributed by atoms with van der Waals surface area (Å²) in [5, 5.41) is 10.6. The molecule has 17 heavy (non-hydrogen) atoms. The van der Waals surface area contributed by atoms with Gasteiger partial charge in [0, 0.05) is 18.4 Å². The summed E-state index contributed by atoms with van der Waals surface area (Å²) < 4.78 is 19.4. The number of rotatable bonds is 2. The summed E-state index contributed by atoms with van der Waals surface area (Å²) >= 11 is 0. The second-order valence-electron chi connectivity index (χ2n) is 5.12. The Morgan fingerprint density at radius 1 is 1.41 bits per heavy atom. The van der Waals surface area contributed by atoms with Gasteiger partial charge in [-0.05, 0) is 12.0 Å². The van der Waals surface area contributed by atoms with Crippen LogP contribution in [0, 0.1) is 11.7 Å². The van der Waals surface area contributed by atoms with E-state index in [0.717, 1.165) is 0 Å². The van der Waals surface area contributed by atoms with E-state index in [-0.39, 0.29) is 11.9 Å². The summed E-state index contributed by atoms with van der Waals surface area (Å²) in [4.78, 5) is 0. The van der Waals surface area contributed by atoms with Gasteiger partial charge in [-0.2, -0.15) is 0 Å². The SMILES string of the molecule is CC(C)C1CC(O)(c2ccccc2F)CCO1. The number of halogens is 1. The molecule has 1 heterocycles. The van der Waals surface area contributed by atoms with Crippen molar-refractivity contribution in [2.24, 2.45) is 5.92 Å². The van der Waals surface area contributed by atoms with E-state index in [1.807, 2.05) is 0 Å². The zero-order chi connectivity index (χ0) is 12.5. The van der Waals surface area contributed by atoms with Gasteiger partial charge < -0.3 is 9.84 Å². The summed E-state index contributed by atoms with van der Waals surface area (Å²) in [5.74, 6) is -0.00648. The molecule has 0 aliphatic carbocycles. The van der Waals surface area contributed by atoms with E-state index in [1.54, 1.807) is 18.2 Å². The molecule has 1 fully saturated rings. The molecule has 0 amide bonds. The van der Waals surface area contributed by atoms with Gasteiger partial charge in [-0.1, -0.05) is 32.0 Å². The molecule has 2 unspecified atom stereocenters. The molecule has 3 heteroatoms. The zero-order valence-corrected chi connectivity index (χ0v) is 10.3. The molecule has 1 saturated heterocycles. The van der Waals surface area contributed by atoms with Crippen molar-refractivity contribution >= 4 is 0 Å². The first kappa shape index (κ1) is 12.5. The number of hydrogen-bond donors (Lipinski definition) is 1. The van der Waals surface area contributed by atoms with Crippen molar-refractivity contribution in [1.82, 2.24) is 0 Å². The van der Waals surface area contributed by atoms with Crippen LogP contribution in [0.4, 0.5) is 4.39 Å². The minimum atomic E-state index is -1.08. The fourth-order valence-electron chi connectivity index (χ4n) is 2.38. The highest BCUT2D eigenvalue weighted by Gasteiger charge is 2.39. The van der Waals surface area contributed by atoms with Gasteiger partial charge in [0.25, 0.3) is 0 Å². The maximum atomic E-state index is 13.7. The number of benzene rings is 1. The Kier molecular flexibility index (Phi) is 3.50. The minimum Gasteiger partial charge on any atom is -0.385 e. The predicted molar refractivity (Wildman–Crippen MR) is 64.1 cm³/mol. The maximum Gasteiger partial charge on any atom is 0.129 e. The molecule has 1 aromatic rings. The quantitative estimate of drug-likeness (QED) is 0.858. The van der Waals surface area contributed by atoms with Gasteiger partial charge in [0.2, 0.25) is 0 Å². The van der Waals surface area contributed by atoms with E-state index in [9.17, 15) is 9.50 Å². The second kappa shape index (κ2) is 4.75. The third-order valence-electron chi connectivity index (χ3n) is 3.51. The van der Waals surface area contributed by atoms with Crippen molar-refractivity contribution in [3.63, 3.8) is 0 Å². The number of hydrogen-bond acceptors (Lipinski definition) is 2. The Morgan fingerprint density at radius 2 is 2.12 bits per heavy atom. The molecule has 0 saturated carbocycles. The van der Waals surface area contributed by atoms with Crippen LogP contribution in [0.3, 0.4) is 0 Å². The van der Waals surface area contributed by atoms with Gasteiger partial charge >= 0.3 is 0 Å². The van der Waals surface area contributed by atoms with Crippen LogP contribution in [-0.4, -0.2) is 17.8 Å². The summed E-state index contributed by atoms with van der Waals surface area (Å²) in [5.41, 5.74) is -0.688. The van der Waals surface area contributed by atoms with E-state index >= 15 is 0 Å². The average molecular weight is 238 g/mol. The monoisotopic (exact) mass is 238 g/mol. The molecule has 1 aromatic carbocycles. The lowest BCUT2D eigenvalue weighted by molar-refractivity contribution is -0.122. The van der Waals surface area contributed by atoms with Crippen molar-refractivity contribution in [3.8, 4) is 0 Å². The molecule has 1 N–H and O–H groups in total. The Balaban J connectivity index is 2.27. The Labute approximate surface area is 101 Å². The van der Waals surface area contributed by atoms with Crippen molar-refractivity contribution in [2.45, 2.75) is 38.4 Å². The largest absolute Gasteiger partial charge is 0.385 e. The highest BCUT2D eigenvalue weighted by atomic mass is 19.1. The summed E-state index contributed by atoms with van der Waals surface area (Å²) in [6, 6.07) is 6.46. The molecule has 0 aromatic heterocycles. The topological polar surface area (TPSA) is 29.5 Å². The number of aliphatic hydroxyl groups is 1. The van der Waals surface area contributed by atoms with Crippen LogP contribution in [0.15, 0.2) is 24.3 Å². The van der Waals surface area contributed by atoms with Crippen LogP contribution < -0.4 is 0 Å². The summed E-state index contributed by atoms with van der Waals surface area (Å²) in [6.45, 7) is 4.59. The number of ether oxygens (including phenoxy) is 1. The molecule has 1 aliphatic rings. The Morgan fingerprint density at radius 3 is 2.76 bits per heavy atom. The third kappa shape index (κ3) is 2.50. The first-order chi connectivity index (χ1) is 8.03. The van der Waals surface area contributed by atoms with Gasteiger partial charge in [-0.15, -0.1) is 0 Å². The van der Waals surface area contributed by atoms with E-state index in [2.05, 4.69) is 13.8 Å². The average Bonchev–Trinajstić information content (AvgIpc) is 2.29. The van der Waals surface area contributed by atoms with Crippen LogP contribution in [0.25, 0.3) is 0 Å². The molecule has 2 nitrogen and oxygen atoms in total. The fourth-order valence-corrected chi connectivity index (χ4v) is 2.38. The van der Waals surface area contributed by atoms with Crippen LogP contribution in [0.1, 0.15) is 32.3 Å². The normalized spacial score (nSPS) is 29.6. The predicted octanol–water partition coefficient (Wildman–Crippen LogP) is 2.85. The van der Waals surface area contributed by atoms with Crippen LogP contribution in [0.5, 0.6) is 0 Å². The Bertz CT molecular complexity index is 392. The van der Waals surface area contributed by atoms with Crippen molar-refractivity contribution in [2.75, 3.05) is 6.61 Å². The van der Waals surface area contributed by atoms with E-state index in [1.165, 1.54) is 6.07 Å². The second-order valence-corrected chi connectivity index (χ2v) is 5.12. The molecule has 94 valence electrons. The molecular weight excluding hydrogens is 219 g/mol. The minimum absolute atomic E-state index is 0.00615. The summed E-state index contributed by atoms with van der Waals surface area (Å²) in [6.07, 6.45) is 0.913. The lowest BCUT2D eigenvalue weighted by atomic mass is 9.81. The van der Waals surface area contributed by atoms with Crippen molar-refractivity contribution in [1.29, 1.82) is 0 Å². The van der Waals surface area contributed by atoms with Gasteiger partial charge in [-0.3, -0.25) is 0 Å². The molecular formula is C14H19FO2. The molecule has 0 spiro atoms. The van der Waals surface area contributed by atoms with Gasteiger partial charge in [0.05, 0.1) is 18.3 Å². The van der Waals surface area contributed by atoms with Crippen LogP contribution >= 0.6 is 0 Å². The van der Waals surface area contributed by atoms with Gasteiger partial charge in [0.15, 0.2) is 0 Å². The first-order valence-corrected chi connectivity index (χ1v) is 6.12. The van der Waals surface area contributed by atoms with Crippen LogP contribution in [0.2, 0.25) is 0 Å². The molecule has 0 bridgehead atoms.